The molecule has 0 spiro atoms. The number of carboxylic acids is 1. The number of benzene rings is 2. The van der Waals surface area contributed by atoms with E-state index in [1.165, 1.54) is 19.1 Å². The van der Waals surface area contributed by atoms with E-state index in [-0.39, 0.29) is 55.1 Å². The van der Waals surface area contributed by atoms with Crippen molar-refractivity contribution in [1.82, 2.24) is 30.3 Å². The fourth-order valence-corrected chi connectivity index (χ4v) is 8.15. The monoisotopic (exact) mass is 879 g/mol. The lowest BCUT2D eigenvalue weighted by Crippen LogP contribution is -2.56. The van der Waals surface area contributed by atoms with Gasteiger partial charge in [-0.05, 0) is 61.1 Å². The summed E-state index contributed by atoms with van der Waals surface area (Å²) < 4.78 is 31.5. The zero-order chi connectivity index (χ0) is 45.7. The molecule has 5 atom stereocenters. The third-order valence-electron chi connectivity index (χ3n) is 10.7. The minimum Gasteiger partial charge on any atom is -0.480 e. The number of amides is 5. The highest BCUT2D eigenvalue weighted by atomic mass is 32.2. The number of aromatic nitrogens is 1. The number of carbonyl (C=O) groups is 6. The molecule has 62 heavy (non-hydrogen) atoms. The van der Waals surface area contributed by atoms with E-state index in [0.717, 1.165) is 40.4 Å². The van der Waals surface area contributed by atoms with Gasteiger partial charge in [-0.15, -0.1) is 11.8 Å². The lowest BCUT2D eigenvalue weighted by atomic mass is 9.83. The number of nitrogens with zero attached hydrogens (tertiary/aromatic N) is 3. The van der Waals surface area contributed by atoms with Gasteiger partial charge in [0.2, 0.25) is 17.7 Å². The third-order valence-corrected chi connectivity index (χ3v) is 11.7. The van der Waals surface area contributed by atoms with Crippen LogP contribution in [0.1, 0.15) is 71.7 Å². The predicted octanol–water partition coefficient (Wildman–Crippen LogP) is 4.48. The number of thioether (sulfide) groups is 1. The van der Waals surface area contributed by atoms with Crippen molar-refractivity contribution in [3.05, 3.63) is 95.8 Å². The molecule has 1 aliphatic rings. The van der Waals surface area contributed by atoms with Crippen LogP contribution in [0, 0.1) is 23.0 Å². The van der Waals surface area contributed by atoms with Crippen molar-refractivity contribution in [1.29, 1.82) is 0 Å². The molecule has 14 nitrogen and oxygen atoms in total. The fourth-order valence-electron chi connectivity index (χ4n) is 7.23. The second-order valence-electron chi connectivity index (χ2n) is 16.5. The molecule has 336 valence electrons. The van der Waals surface area contributed by atoms with Gasteiger partial charge in [-0.25, -0.2) is 13.6 Å². The first-order valence-corrected chi connectivity index (χ1v) is 21.9. The number of hydrogen-bond acceptors (Lipinski definition) is 9. The quantitative estimate of drug-likeness (QED) is 0.0848. The number of imide groups is 1. The molecule has 4 rings (SSSR count). The van der Waals surface area contributed by atoms with E-state index in [4.69, 9.17) is 5.73 Å². The molecule has 0 unspecified atom stereocenters. The normalized spacial score (nSPS) is 15.2. The standard InChI is InChI=1S/C45H59F2N7O7S/c1-7-28(2)40(49-19-21-53-37(55)16-17-38(53)56)43(59)50-29(3)42(58)51-35(44(60)61)26-62-27-39(57)54(20-11-18-48)41(45(4,5)6)36-22-31(33-23-32(46)14-15-34(33)47)25-52(36)24-30-12-9-8-10-13-30/h8-10,12-17,22-23,25,28-29,35,40-41,49H,7,11,18-21,24,26-27,48H2,1-6H3,(H,50,59)(H,51,58)(H,60,61)/t28-,29-,35-,40-,41-/m0/s1. The molecule has 0 fully saturated rings. The average molecular weight is 880 g/mol. The van der Waals surface area contributed by atoms with E-state index in [2.05, 4.69) is 16.0 Å². The number of nitrogens with two attached hydrogens (primary N) is 1. The smallest absolute Gasteiger partial charge is 0.327 e. The predicted molar refractivity (Wildman–Crippen MR) is 235 cm³/mol. The SMILES string of the molecule is CC[C@H](C)[C@H](NCCN1C(=O)C=CC1=O)C(=O)N[C@@H](C)C(=O)N[C@@H](CSCC(=O)N(CCCN)[C@@H](c1cc(-c2cc(F)ccc2F)cn1Cc1ccccc1)C(C)(C)C)C(=O)O. The summed E-state index contributed by atoms with van der Waals surface area (Å²) in [4.78, 5) is 79.9. The van der Waals surface area contributed by atoms with Gasteiger partial charge in [0.05, 0.1) is 17.8 Å². The van der Waals surface area contributed by atoms with Crippen LogP contribution in [-0.2, 0) is 35.3 Å². The molecule has 5 amide bonds. The lowest BCUT2D eigenvalue weighted by molar-refractivity contribution is -0.141. The number of halogens is 2. The van der Waals surface area contributed by atoms with Crippen molar-refractivity contribution in [2.45, 2.75) is 85.1 Å². The van der Waals surface area contributed by atoms with Gasteiger partial charge in [0.1, 0.15) is 23.7 Å². The molecule has 0 saturated carbocycles. The first-order chi connectivity index (χ1) is 29.4. The summed E-state index contributed by atoms with van der Waals surface area (Å²) in [5.74, 6) is -5.51. The topological polar surface area (TPSA) is 196 Å². The Bertz CT molecular complexity index is 2070. The van der Waals surface area contributed by atoms with E-state index in [1.54, 1.807) is 17.2 Å². The van der Waals surface area contributed by atoms with Crippen LogP contribution in [0.25, 0.3) is 11.1 Å². The van der Waals surface area contributed by atoms with Crippen LogP contribution < -0.4 is 21.7 Å². The number of carbonyl (C=O) groups excluding carboxylic acids is 5. The first kappa shape index (κ1) is 49.3. The molecule has 2 heterocycles. The Hall–Kier alpha value is -5.39. The van der Waals surface area contributed by atoms with Crippen LogP contribution >= 0.6 is 11.8 Å². The number of carboxylic acid groups (broad SMARTS) is 1. The number of rotatable bonds is 23. The molecule has 17 heteroatoms. The Balaban J connectivity index is 1.48. The summed E-state index contributed by atoms with van der Waals surface area (Å²) in [5, 5.41) is 18.3. The maximum Gasteiger partial charge on any atom is 0.327 e. The van der Waals surface area contributed by atoms with Crippen LogP contribution in [0.15, 0.2) is 72.9 Å². The van der Waals surface area contributed by atoms with Crippen LogP contribution in [0.3, 0.4) is 0 Å². The van der Waals surface area contributed by atoms with Crippen molar-refractivity contribution in [2.75, 3.05) is 37.7 Å². The molecule has 6 N–H and O–H groups in total. The summed E-state index contributed by atoms with van der Waals surface area (Å²) in [7, 11) is 0. The van der Waals surface area contributed by atoms with Crippen molar-refractivity contribution in [3.63, 3.8) is 0 Å². The number of hydrogen-bond donors (Lipinski definition) is 5. The maximum absolute atomic E-state index is 15.2. The minimum absolute atomic E-state index is 0.0452. The zero-order valence-corrected chi connectivity index (χ0v) is 37.0. The average Bonchev–Trinajstić information content (AvgIpc) is 3.77. The molecule has 1 aliphatic heterocycles. The van der Waals surface area contributed by atoms with E-state index >= 15 is 4.39 Å². The summed E-state index contributed by atoms with van der Waals surface area (Å²) >= 11 is 1.02. The van der Waals surface area contributed by atoms with Gasteiger partial charge in [0.25, 0.3) is 11.8 Å². The minimum atomic E-state index is -1.41. The third kappa shape index (κ3) is 13.3. The highest BCUT2D eigenvalue weighted by Gasteiger charge is 2.37. The van der Waals surface area contributed by atoms with Crippen molar-refractivity contribution in [2.24, 2.45) is 17.1 Å². The van der Waals surface area contributed by atoms with Crippen molar-refractivity contribution >= 4 is 47.3 Å². The molecule has 0 radical (unpaired) electrons. The Kier molecular flexibility index (Phi) is 18.0. The van der Waals surface area contributed by atoms with Crippen molar-refractivity contribution in [3.8, 4) is 11.1 Å². The van der Waals surface area contributed by atoms with Gasteiger partial charge in [-0.3, -0.25) is 28.9 Å². The summed E-state index contributed by atoms with van der Waals surface area (Å²) in [6.45, 7) is 12.2. The molecule has 1 aromatic heterocycles. The van der Waals surface area contributed by atoms with E-state index in [1.807, 2.05) is 69.5 Å². The highest BCUT2D eigenvalue weighted by molar-refractivity contribution is 8.00. The highest BCUT2D eigenvalue weighted by Crippen LogP contribution is 2.41. The Morgan fingerprint density at radius 1 is 0.952 bits per heavy atom. The van der Waals surface area contributed by atoms with Crippen LogP contribution in [0.2, 0.25) is 0 Å². The van der Waals surface area contributed by atoms with Gasteiger partial charge >= 0.3 is 5.97 Å². The molecular formula is C45H59F2N7O7S. The second-order valence-corrected chi connectivity index (χ2v) is 17.5. The zero-order valence-electron chi connectivity index (χ0n) is 36.2. The lowest BCUT2D eigenvalue weighted by Gasteiger charge is -2.41. The first-order valence-electron chi connectivity index (χ1n) is 20.7. The fraction of sp³-hybridized carbons (Fsp3) is 0.467. The molecular weight excluding hydrogens is 821 g/mol. The number of aliphatic carboxylic acids is 1. The van der Waals surface area contributed by atoms with Gasteiger partial charge in [-0.1, -0.05) is 71.4 Å². The molecule has 0 bridgehead atoms. The van der Waals surface area contributed by atoms with Gasteiger partial charge in [-0.2, -0.15) is 0 Å². The summed E-state index contributed by atoms with van der Waals surface area (Å²) in [6.07, 6.45) is 5.16. The molecule has 0 aliphatic carbocycles. The Morgan fingerprint density at radius 2 is 1.63 bits per heavy atom. The molecule has 3 aromatic rings. The summed E-state index contributed by atoms with van der Waals surface area (Å²) in [5.41, 5.74) is 7.50. The number of nitrogens with one attached hydrogen (secondary N) is 3. The molecule has 2 aromatic carbocycles. The van der Waals surface area contributed by atoms with Crippen LogP contribution in [0.5, 0.6) is 0 Å². The van der Waals surface area contributed by atoms with Gasteiger partial charge in [0, 0.05) is 67.1 Å². The maximum atomic E-state index is 15.2. The largest absolute Gasteiger partial charge is 0.480 e. The van der Waals surface area contributed by atoms with E-state index < -0.39 is 70.8 Å². The van der Waals surface area contributed by atoms with Gasteiger partial charge in [0.15, 0.2) is 0 Å². The summed E-state index contributed by atoms with van der Waals surface area (Å²) in [6, 6.07) is 10.7. The Labute approximate surface area is 366 Å². The second kappa shape index (κ2) is 22.6. The van der Waals surface area contributed by atoms with Crippen LogP contribution in [-0.4, -0.2) is 111 Å². The van der Waals surface area contributed by atoms with Gasteiger partial charge < -0.3 is 36.3 Å². The Morgan fingerprint density at radius 3 is 2.24 bits per heavy atom. The van der Waals surface area contributed by atoms with E-state index in [0.29, 0.717) is 30.6 Å². The molecule has 0 saturated heterocycles. The van der Waals surface area contributed by atoms with Crippen LogP contribution in [0.4, 0.5) is 8.78 Å². The van der Waals surface area contributed by atoms with E-state index in [9.17, 15) is 38.3 Å². The van der Waals surface area contributed by atoms with Crippen molar-refractivity contribution < 1.29 is 42.7 Å².